The fourth-order valence-corrected chi connectivity index (χ4v) is 2.14. The number of rotatable bonds is 6. The predicted octanol–water partition coefficient (Wildman–Crippen LogP) is 1.28. The van der Waals surface area contributed by atoms with E-state index in [1.54, 1.807) is 0 Å². The van der Waals surface area contributed by atoms with Crippen molar-refractivity contribution in [1.82, 2.24) is 4.98 Å². The molecule has 1 rings (SSSR count). The number of anilines is 1. The van der Waals surface area contributed by atoms with Crippen molar-refractivity contribution in [2.24, 2.45) is 0 Å². The van der Waals surface area contributed by atoms with Gasteiger partial charge in [0.1, 0.15) is 20.8 Å². The summed E-state index contributed by atoms with van der Waals surface area (Å²) in [5.41, 5.74) is 0.0283. The summed E-state index contributed by atoms with van der Waals surface area (Å²) in [5.74, 6) is -0.723. The van der Waals surface area contributed by atoms with Gasteiger partial charge in [-0.1, -0.05) is 11.6 Å². The molecule has 1 aromatic rings. The van der Waals surface area contributed by atoms with Crippen LogP contribution in [0.3, 0.4) is 0 Å². The number of nitrogens with one attached hydrogen (secondary N) is 1. The molecule has 0 atom stereocenters. The van der Waals surface area contributed by atoms with Gasteiger partial charge in [0.2, 0.25) is 0 Å². The summed E-state index contributed by atoms with van der Waals surface area (Å²) in [7, 11) is -2.99. The van der Waals surface area contributed by atoms with Crippen molar-refractivity contribution >= 4 is 33.2 Å². The third kappa shape index (κ3) is 5.33. The first-order valence-electron chi connectivity index (χ1n) is 5.10. The fourth-order valence-electron chi connectivity index (χ4n) is 1.26. The van der Waals surface area contributed by atoms with Crippen LogP contribution in [-0.2, 0) is 9.84 Å². The van der Waals surface area contributed by atoms with Crippen LogP contribution in [0.4, 0.5) is 5.82 Å². The molecule has 0 bridgehead atoms. The standard InChI is InChI=1S/C10H13ClN2O4S/c1-18(16,17)4-2-3-12-9-6-7(10(14)15)5-8(11)13-9/h5-6H,2-4H2,1H3,(H,12,13)(H,14,15). The summed E-state index contributed by atoms with van der Waals surface area (Å²) in [6.07, 6.45) is 1.57. The number of aromatic carboxylic acids is 1. The molecule has 8 heteroatoms. The quantitative estimate of drug-likeness (QED) is 0.605. The second kappa shape index (κ2) is 6.01. The highest BCUT2D eigenvalue weighted by Gasteiger charge is 2.07. The molecule has 0 spiro atoms. The molecule has 0 fully saturated rings. The minimum Gasteiger partial charge on any atom is -0.478 e. The average Bonchev–Trinajstić information content (AvgIpc) is 2.22. The SMILES string of the molecule is CS(=O)(=O)CCCNc1cc(C(=O)O)cc(Cl)n1. The summed E-state index contributed by atoms with van der Waals surface area (Å²) in [6.45, 7) is 0.374. The van der Waals surface area contributed by atoms with E-state index in [0.29, 0.717) is 18.8 Å². The Hall–Kier alpha value is -1.34. The van der Waals surface area contributed by atoms with Gasteiger partial charge in [0.15, 0.2) is 0 Å². The van der Waals surface area contributed by atoms with Gasteiger partial charge in [0.05, 0.1) is 11.3 Å². The number of aromatic nitrogens is 1. The third-order valence-electron chi connectivity index (χ3n) is 2.04. The minimum atomic E-state index is -2.99. The van der Waals surface area contributed by atoms with Crippen molar-refractivity contribution in [1.29, 1.82) is 0 Å². The molecule has 2 N–H and O–H groups in total. The number of halogens is 1. The number of hydrogen-bond acceptors (Lipinski definition) is 5. The molecule has 0 saturated carbocycles. The van der Waals surface area contributed by atoms with Gasteiger partial charge in [0, 0.05) is 12.8 Å². The maximum Gasteiger partial charge on any atom is 0.335 e. The van der Waals surface area contributed by atoms with E-state index in [0.717, 1.165) is 6.26 Å². The van der Waals surface area contributed by atoms with Gasteiger partial charge in [-0.25, -0.2) is 18.2 Å². The molecule has 1 aromatic heterocycles. The van der Waals surface area contributed by atoms with Crippen molar-refractivity contribution < 1.29 is 18.3 Å². The van der Waals surface area contributed by atoms with Crippen LogP contribution in [0, 0.1) is 0 Å². The number of carboxylic acid groups (broad SMARTS) is 1. The van der Waals surface area contributed by atoms with Crippen LogP contribution in [-0.4, -0.2) is 43.0 Å². The Balaban J connectivity index is 2.60. The summed E-state index contributed by atoms with van der Waals surface area (Å²) in [4.78, 5) is 14.7. The highest BCUT2D eigenvalue weighted by atomic mass is 35.5. The molecule has 0 aliphatic heterocycles. The van der Waals surface area contributed by atoms with E-state index >= 15 is 0 Å². The lowest BCUT2D eigenvalue weighted by Gasteiger charge is -2.06. The summed E-state index contributed by atoms with van der Waals surface area (Å²) in [6, 6.07) is 2.58. The second-order valence-electron chi connectivity index (χ2n) is 3.78. The lowest BCUT2D eigenvalue weighted by Crippen LogP contribution is -2.11. The second-order valence-corrected chi connectivity index (χ2v) is 6.43. The molecule has 0 unspecified atom stereocenters. The first kappa shape index (κ1) is 14.7. The van der Waals surface area contributed by atoms with Crippen molar-refractivity contribution in [3.05, 3.63) is 22.8 Å². The van der Waals surface area contributed by atoms with E-state index in [4.69, 9.17) is 16.7 Å². The number of carbonyl (C=O) groups is 1. The summed E-state index contributed by atoms with van der Waals surface area (Å²) in [5, 5.41) is 11.7. The first-order chi connectivity index (χ1) is 8.28. The Kier molecular flexibility index (Phi) is 4.92. The molecule has 0 aliphatic carbocycles. The topological polar surface area (TPSA) is 96.4 Å². The van der Waals surface area contributed by atoms with Crippen LogP contribution < -0.4 is 5.32 Å². The van der Waals surface area contributed by atoms with Gasteiger partial charge < -0.3 is 10.4 Å². The molecule has 18 heavy (non-hydrogen) atoms. The number of sulfone groups is 1. The van der Waals surface area contributed by atoms with Gasteiger partial charge >= 0.3 is 5.97 Å². The largest absolute Gasteiger partial charge is 0.478 e. The average molecular weight is 293 g/mol. The smallest absolute Gasteiger partial charge is 0.335 e. The maximum absolute atomic E-state index is 10.9. The minimum absolute atomic E-state index is 0.0283. The van der Waals surface area contributed by atoms with E-state index in [9.17, 15) is 13.2 Å². The zero-order chi connectivity index (χ0) is 13.8. The maximum atomic E-state index is 10.9. The molecular weight excluding hydrogens is 280 g/mol. The number of nitrogens with zero attached hydrogens (tertiary/aromatic N) is 1. The van der Waals surface area contributed by atoms with Gasteiger partial charge in [-0.05, 0) is 18.6 Å². The third-order valence-corrected chi connectivity index (χ3v) is 3.26. The van der Waals surface area contributed by atoms with Gasteiger partial charge in [-0.2, -0.15) is 0 Å². The zero-order valence-corrected chi connectivity index (χ0v) is 11.3. The van der Waals surface area contributed by atoms with Crippen LogP contribution in [0.25, 0.3) is 0 Å². The lowest BCUT2D eigenvalue weighted by molar-refractivity contribution is 0.0697. The molecule has 0 aromatic carbocycles. The van der Waals surface area contributed by atoms with Crippen LogP contribution in [0.5, 0.6) is 0 Å². The molecule has 6 nitrogen and oxygen atoms in total. The molecule has 0 aliphatic rings. The van der Waals surface area contributed by atoms with Crippen LogP contribution in [0.2, 0.25) is 5.15 Å². The summed E-state index contributed by atoms with van der Waals surface area (Å²) >= 11 is 5.67. The van der Waals surface area contributed by atoms with Crippen LogP contribution in [0.15, 0.2) is 12.1 Å². The van der Waals surface area contributed by atoms with E-state index in [1.165, 1.54) is 12.1 Å². The van der Waals surface area contributed by atoms with Crippen molar-refractivity contribution in [3.8, 4) is 0 Å². The van der Waals surface area contributed by atoms with Gasteiger partial charge in [-0.15, -0.1) is 0 Å². The predicted molar refractivity (Wildman–Crippen MR) is 69.0 cm³/mol. The van der Waals surface area contributed by atoms with Crippen LogP contribution in [0.1, 0.15) is 16.8 Å². The highest BCUT2D eigenvalue weighted by molar-refractivity contribution is 7.90. The normalized spacial score (nSPS) is 11.2. The molecule has 0 radical (unpaired) electrons. The fraction of sp³-hybridized carbons (Fsp3) is 0.400. The Morgan fingerprint density at radius 2 is 2.17 bits per heavy atom. The molecule has 1 heterocycles. The van der Waals surface area contributed by atoms with Crippen molar-refractivity contribution in [2.75, 3.05) is 23.9 Å². The molecule has 0 saturated heterocycles. The number of pyridine rings is 1. The Bertz CT molecular complexity index is 545. The summed E-state index contributed by atoms with van der Waals surface area (Å²) < 4.78 is 21.8. The number of carboxylic acids is 1. The lowest BCUT2D eigenvalue weighted by atomic mass is 10.2. The highest BCUT2D eigenvalue weighted by Crippen LogP contribution is 2.14. The van der Waals surface area contributed by atoms with E-state index in [2.05, 4.69) is 10.3 Å². The Morgan fingerprint density at radius 1 is 1.50 bits per heavy atom. The van der Waals surface area contributed by atoms with Crippen molar-refractivity contribution in [2.45, 2.75) is 6.42 Å². The van der Waals surface area contributed by atoms with E-state index in [-0.39, 0.29) is 16.5 Å². The number of hydrogen-bond donors (Lipinski definition) is 2. The molecule has 100 valence electrons. The van der Waals surface area contributed by atoms with E-state index < -0.39 is 15.8 Å². The Labute approximate surface area is 110 Å². The molecular formula is C10H13ClN2O4S. The monoisotopic (exact) mass is 292 g/mol. The zero-order valence-electron chi connectivity index (χ0n) is 9.68. The molecule has 0 amide bonds. The van der Waals surface area contributed by atoms with E-state index in [1.807, 2.05) is 0 Å². The van der Waals surface area contributed by atoms with Gasteiger partial charge in [-0.3, -0.25) is 0 Å². The van der Waals surface area contributed by atoms with Crippen molar-refractivity contribution in [3.63, 3.8) is 0 Å². The first-order valence-corrected chi connectivity index (χ1v) is 7.54. The Morgan fingerprint density at radius 3 is 2.72 bits per heavy atom. The van der Waals surface area contributed by atoms with Crippen LogP contribution >= 0.6 is 11.6 Å². The van der Waals surface area contributed by atoms with Gasteiger partial charge in [0.25, 0.3) is 0 Å².